The van der Waals surface area contributed by atoms with Crippen LogP contribution in [0.5, 0.6) is 0 Å². The Kier molecular flexibility index (Phi) is 2.49. The summed E-state index contributed by atoms with van der Waals surface area (Å²) >= 11 is 0. The van der Waals surface area contributed by atoms with Crippen molar-refractivity contribution < 1.29 is 5.11 Å². The normalized spacial score (nSPS) is 36.7. The molecule has 0 bridgehead atoms. The van der Waals surface area contributed by atoms with Gasteiger partial charge in [0.1, 0.15) is 0 Å². The first-order valence-corrected chi connectivity index (χ1v) is 3.69. The quantitative estimate of drug-likeness (QED) is 0.536. The highest BCUT2D eigenvalue weighted by molar-refractivity contribution is 4.76. The Morgan fingerprint density at radius 2 is 2.44 bits per heavy atom. The minimum Gasteiger partial charge on any atom is -0.395 e. The number of hydrogen-bond acceptors (Lipinski definition) is 2. The molecule has 0 spiro atoms. The van der Waals surface area contributed by atoms with Crippen LogP contribution in [0.1, 0.15) is 19.8 Å². The fourth-order valence-electron chi connectivity index (χ4n) is 1.36. The molecule has 1 saturated heterocycles. The van der Waals surface area contributed by atoms with Gasteiger partial charge in [-0.3, -0.25) is 0 Å². The molecule has 0 aliphatic carbocycles. The SMILES string of the molecule is C[C@@H]1CCCN[C@@H]1CO. The highest BCUT2D eigenvalue weighted by Crippen LogP contribution is 2.14. The van der Waals surface area contributed by atoms with Gasteiger partial charge >= 0.3 is 0 Å². The Morgan fingerprint density at radius 3 is 2.89 bits per heavy atom. The fraction of sp³-hybridized carbons (Fsp3) is 1.00. The Bertz CT molecular complexity index is 85.0. The second-order valence-electron chi connectivity index (χ2n) is 2.86. The lowest BCUT2D eigenvalue weighted by Crippen LogP contribution is -2.42. The van der Waals surface area contributed by atoms with Gasteiger partial charge in [0.2, 0.25) is 0 Å². The molecule has 2 atom stereocenters. The van der Waals surface area contributed by atoms with Crippen LogP contribution >= 0.6 is 0 Å². The molecule has 2 N–H and O–H groups in total. The maximum Gasteiger partial charge on any atom is 0.0587 e. The van der Waals surface area contributed by atoms with Gasteiger partial charge in [0.25, 0.3) is 0 Å². The Morgan fingerprint density at radius 1 is 1.67 bits per heavy atom. The number of aliphatic hydroxyl groups excluding tert-OH is 1. The molecule has 0 saturated carbocycles. The van der Waals surface area contributed by atoms with Crippen molar-refractivity contribution in [3.8, 4) is 0 Å². The lowest BCUT2D eigenvalue weighted by molar-refractivity contribution is 0.179. The van der Waals surface area contributed by atoms with Gasteiger partial charge in [-0.2, -0.15) is 0 Å². The molecule has 0 unspecified atom stereocenters. The number of piperidine rings is 1. The van der Waals surface area contributed by atoms with Gasteiger partial charge < -0.3 is 10.4 Å². The van der Waals surface area contributed by atoms with Crippen LogP contribution in [0.15, 0.2) is 0 Å². The van der Waals surface area contributed by atoms with Gasteiger partial charge in [0, 0.05) is 6.04 Å². The molecule has 2 nitrogen and oxygen atoms in total. The van der Waals surface area contributed by atoms with Crippen LogP contribution in [-0.2, 0) is 0 Å². The van der Waals surface area contributed by atoms with Gasteiger partial charge in [-0.05, 0) is 25.3 Å². The van der Waals surface area contributed by atoms with E-state index in [-0.39, 0.29) is 0 Å². The molecule has 1 rings (SSSR count). The number of aliphatic hydroxyl groups is 1. The summed E-state index contributed by atoms with van der Waals surface area (Å²) in [5.41, 5.74) is 0. The molecule has 54 valence electrons. The van der Waals surface area contributed by atoms with Crippen LogP contribution in [-0.4, -0.2) is 24.3 Å². The molecule has 9 heavy (non-hydrogen) atoms. The summed E-state index contributed by atoms with van der Waals surface area (Å²) in [4.78, 5) is 0. The molecule has 0 aromatic carbocycles. The average molecular weight is 129 g/mol. The predicted octanol–water partition coefficient (Wildman–Crippen LogP) is 0.367. The first-order valence-electron chi connectivity index (χ1n) is 3.69. The molecular weight excluding hydrogens is 114 g/mol. The lowest BCUT2D eigenvalue weighted by Gasteiger charge is -2.28. The summed E-state index contributed by atoms with van der Waals surface area (Å²) in [6.45, 7) is 3.56. The summed E-state index contributed by atoms with van der Waals surface area (Å²) in [6.07, 6.45) is 2.52. The van der Waals surface area contributed by atoms with Crippen molar-refractivity contribution in [1.29, 1.82) is 0 Å². The van der Waals surface area contributed by atoms with E-state index in [1.807, 2.05) is 0 Å². The van der Waals surface area contributed by atoms with Crippen molar-refractivity contribution in [1.82, 2.24) is 5.32 Å². The molecule has 1 heterocycles. The maximum atomic E-state index is 8.80. The summed E-state index contributed by atoms with van der Waals surface area (Å²) in [5, 5.41) is 12.1. The van der Waals surface area contributed by atoms with Gasteiger partial charge in [0.15, 0.2) is 0 Å². The Labute approximate surface area is 56.3 Å². The van der Waals surface area contributed by atoms with Crippen molar-refractivity contribution in [2.75, 3.05) is 13.2 Å². The van der Waals surface area contributed by atoms with Crippen LogP contribution in [0, 0.1) is 5.92 Å². The van der Waals surface area contributed by atoms with Gasteiger partial charge in [-0.25, -0.2) is 0 Å². The van der Waals surface area contributed by atoms with Gasteiger partial charge in [-0.15, -0.1) is 0 Å². The average Bonchev–Trinajstić information content (AvgIpc) is 1.89. The van der Waals surface area contributed by atoms with Crippen LogP contribution in [0.25, 0.3) is 0 Å². The van der Waals surface area contributed by atoms with Crippen molar-refractivity contribution in [2.45, 2.75) is 25.8 Å². The topological polar surface area (TPSA) is 32.3 Å². The molecule has 1 fully saturated rings. The second-order valence-corrected chi connectivity index (χ2v) is 2.86. The number of rotatable bonds is 1. The maximum absolute atomic E-state index is 8.80. The molecule has 1 aliphatic heterocycles. The molecule has 0 aromatic rings. The van der Waals surface area contributed by atoms with E-state index in [9.17, 15) is 0 Å². The fourth-order valence-corrected chi connectivity index (χ4v) is 1.36. The molecular formula is C7H15NO. The van der Waals surface area contributed by atoms with E-state index in [1.165, 1.54) is 12.8 Å². The van der Waals surface area contributed by atoms with Crippen molar-refractivity contribution >= 4 is 0 Å². The predicted molar refractivity (Wildman–Crippen MR) is 37.3 cm³/mol. The summed E-state index contributed by atoms with van der Waals surface area (Å²) in [6, 6.07) is 0.360. The van der Waals surface area contributed by atoms with Crippen molar-refractivity contribution in [3.05, 3.63) is 0 Å². The number of nitrogens with one attached hydrogen (secondary N) is 1. The largest absolute Gasteiger partial charge is 0.395 e. The zero-order valence-electron chi connectivity index (χ0n) is 5.93. The van der Waals surface area contributed by atoms with Crippen LogP contribution < -0.4 is 5.32 Å². The molecule has 1 aliphatic rings. The smallest absolute Gasteiger partial charge is 0.0587 e. The Hall–Kier alpha value is -0.0800. The van der Waals surface area contributed by atoms with E-state index >= 15 is 0 Å². The van der Waals surface area contributed by atoms with E-state index < -0.39 is 0 Å². The molecule has 0 radical (unpaired) electrons. The Balaban J connectivity index is 2.30. The van der Waals surface area contributed by atoms with Crippen molar-refractivity contribution in [3.63, 3.8) is 0 Å². The third-order valence-corrected chi connectivity index (χ3v) is 2.13. The lowest BCUT2D eigenvalue weighted by atomic mass is 9.93. The van der Waals surface area contributed by atoms with E-state index in [0.717, 1.165) is 6.54 Å². The van der Waals surface area contributed by atoms with E-state index in [2.05, 4.69) is 12.2 Å². The molecule has 2 heteroatoms. The van der Waals surface area contributed by atoms with E-state index in [0.29, 0.717) is 18.6 Å². The third kappa shape index (κ3) is 1.66. The minimum atomic E-state index is 0.293. The highest BCUT2D eigenvalue weighted by Gasteiger charge is 2.18. The standard InChI is InChI=1S/C7H15NO/c1-6-3-2-4-8-7(6)5-9/h6-9H,2-5H2,1H3/t6-,7-/m1/s1. The van der Waals surface area contributed by atoms with E-state index in [4.69, 9.17) is 5.11 Å². The molecule has 0 aromatic heterocycles. The number of hydrogen-bond donors (Lipinski definition) is 2. The van der Waals surface area contributed by atoms with Gasteiger partial charge in [0.05, 0.1) is 6.61 Å². The first kappa shape index (κ1) is 7.03. The highest BCUT2D eigenvalue weighted by atomic mass is 16.3. The van der Waals surface area contributed by atoms with Crippen LogP contribution in [0.2, 0.25) is 0 Å². The molecule has 0 amide bonds. The zero-order chi connectivity index (χ0) is 6.69. The monoisotopic (exact) mass is 129 g/mol. The van der Waals surface area contributed by atoms with E-state index in [1.54, 1.807) is 0 Å². The summed E-state index contributed by atoms with van der Waals surface area (Å²) < 4.78 is 0. The summed E-state index contributed by atoms with van der Waals surface area (Å²) in [5.74, 6) is 0.656. The second kappa shape index (κ2) is 3.18. The zero-order valence-corrected chi connectivity index (χ0v) is 5.93. The third-order valence-electron chi connectivity index (χ3n) is 2.13. The van der Waals surface area contributed by atoms with Crippen LogP contribution in [0.4, 0.5) is 0 Å². The summed E-state index contributed by atoms with van der Waals surface area (Å²) in [7, 11) is 0. The van der Waals surface area contributed by atoms with Crippen LogP contribution in [0.3, 0.4) is 0 Å². The first-order chi connectivity index (χ1) is 4.34. The minimum absolute atomic E-state index is 0.293. The van der Waals surface area contributed by atoms with Crippen molar-refractivity contribution in [2.24, 2.45) is 5.92 Å². The van der Waals surface area contributed by atoms with Gasteiger partial charge in [-0.1, -0.05) is 6.92 Å².